The lowest BCUT2D eigenvalue weighted by Gasteiger charge is -2.20. The smallest absolute Gasteiger partial charge is 0.235 e. The molecule has 0 unspecified atom stereocenters. The minimum absolute atomic E-state index is 0.106. The second kappa shape index (κ2) is 5.65. The Bertz CT molecular complexity index is 618. The van der Waals surface area contributed by atoms with Gasteiger partial charge in [-0.25, -0.2) is 0 Å². The molecule has 6 nitrogen and oxygen atoms in total. The summed E-state index contributed by atoms with van der Waals surface area (Å²) in [6.45, 7) is 0. The van der Waals surface area contributed by atoms with Gasteiger partial charge in [-0.2, -0.15) is 0 Å². The second-order valence-electron chi connectivity index (χ2n) is 5.52. The molecule has 0 saturated heterocycles. The monoisotopic (exact) mass is 286 g/mol. The molecule has 1 aliphatic rings. The quantitative estimate of drug-likeness (QED) is 0.899. The lowest BCUT2D eigenvalue weighted by Crippen LogP contribution is -2.31. The summed E-state index contributed by atoms with van der Waals surface area (Å²) in [5.41, 5.74) is 0.0131. The molecule has 1 amide bonds. The van der Waals surface area contributed by atoms with Gasteiger partial charge in [-0.1, -0.05) is 31.0 Å². The maximum atomic E-state index is 12.1. The van der Waals surface area contributed by atoms with Gasteiger partial charge in [-0.15, -0.1) is 10.2 Å². The number of carbonyl (C=O) groups is 1. The average molecular weight is 286 g/mol. The van der Waals surface area contributed by atoms with Crippen molar-refractivity contribution in [2.24, 2.45) is 0 Å². The van der Waals surface area contributed by atoms with Gasteiger partial charge in [-0.3, -0.25) is 14.7 Å². The van der Waals surface area contributed by atoms with Crippen LogP contribution in [0.1, 0.15) is 32.1 Å². The number of aromatic nitrogens is 3. The van der Waals surface area contributed by atoms with E-state index >= 15 is 0 Å². The van der Waals surface area contributed by atoms with Crippen LogP contribution in [-0.4, -0.2) is 31.4 Å². The Labute approximate surface area is 122 Å². The molecule has 2 N–H and O–H groups in total. The van der Waals surface area contributed by atoms with Crippen LogP contribution in [0, 0.1) is 0 Å². The normalized spacial score (nSPS) is 16.8. The fourth-order valence-electron chi connectivity index (χ4n) is 2.78. The Morgan fingerprint density at radius 3 is 2.71 bits per heavy atom. The molecule has 0 spiro atoms. The molecule has 0 atom stereocenters. The van der Waals surface area contributed by atoms with Crippen LogP contribution in [0.4, 0.5) is 5.95 Å². The molecular formula is C15H18N4O2. The molecule has 110 valence electrons. The first-order valence-electron chi connectivity index (χ1n) is 7.14. The molecule has 1 fully saturated rings. The van der Waals surface area contributed by atoms with E-state index in [1.54, 1.807) is 10.9 Å². The van der Waals surface area contributed by atoms with E-state index in [1.165, 1.54) is 0 Å². The van der Waals surface area contributed by atoms with E-state index in [-0.39, 0.29) is 12.3 Å². The van der Waals surface area contributed by atoms with Crippen molar-refractivity contribution in [2.45, 2.75) is 37.7 Å². The highest BCUT2D eigenvalue weighted by Crippen LogP contribution is 2.32. The van der Waals surface area contributed by atoms with Crippen LogP contribution in [-0.2, 0) is 4.79 Å². The Morgan fingerprint density at radius 1 is 1.29 bits per heavy atom. The average Bonchev–Trinajstić information content (AvgIpc) is 3.09. The minimum Gasteiger partial charge on any atom is -0.389 e. The van der Waals surface area contributed by atoms with Crippen LogP contribution in [0.5, 0.6) is 0 Å². The van der Waals surface area contributed by atoms with Gasteiger partial charge in [-0.05, 0) is 25.0 Å². The molecule has 21 heavy (non-hydrogen) atoms. The highest BCUT2D eigenvalue weighted by atomic mass is 16.3. The van der Waals surface area contributed by atoms with Crippen LogP contribution in [0.25, 0.3) is 5.69 Å². The Kier molecular flexibility index (Phi) is 3.70. The van der Waals surface area contributed by atoms with Crippen LogP contribution in [0.15, 0.2) is 36.7 Å². The lowest BCUT2D eigenvalue weighted by molar-refractivity contribution is -0.120. The van der Waals surface area contributed by atoms with Gasteiger partial charge in [0.15, 0.2) is 0 Å². The SMILES string of the molecule is O=C(CC1(O)CCCC1)Nc1nncn1-c1ccccc1. The maximum Gasteiger partial charge on any atom is 0.235 e. The molecule has 1 heterocycles. The summed E-state index contributed by atoms with van der Waals surface area (Å²) in [5.74, 6) is 0.136. The number of hydrogen-bond donors (Lipinski definition) is 2. The van der Waals surface area contributed by atoms with Crippen LogP contribution >= 0.6 is 0 Å². The van der Waals surface area contributed by atoms with E-state index < -0.39 is 5.60 Å². The molecule has 0 bridgehead atoms. The summed E-state index contributed by atoms with van der Waals surface area (Å²) in [4.78, 5) is 12.1. The van der Waals surface area contributed by atoms with Gasteiger partial charge in [0.2, 0.25) is 11.9 Å². The van der Waals surface area contributed by atoms with Gasteiger partial charge in [0.1, 0.15) is 6.33 Å². The zero-order chi connectivity index (χ0) is 14.7. The highest BCUT2D eigenvalue weighted by Gasteiger charge is 2.33. The number of anilines is 1. The van der Waals surface area contributed by atoms with E-state index in [2.05, 4.69) is 15.5 Å². The van der Waals surface area contributed by atoms with Crippen molar-refractivity contribution in [2.75, 3.05) is 5.32 Å². The number of hydrogen-bond acceptors (Lipinski definition) is 4. The minimum atomic E-state index is -0.859. The molecule has 1 aromatic carbocycles. The van der Waals surface area contributed by atoms with E-state index in [0.29, 0.717) is 18.8 Å². The molecule has 0 aliphatic heterocycles. The van der Waals surface area contributed by atoms with Gasteiger partial charge >= 0.3 is 0 Å². The summed E-state index contributed by atoms with van der Waals surface area (Å²) >= 11 is 0. The Balaban J connectivity index is 1.71. The third-order valence-electron chi connectivity index (χ3n) is 3.86. The van der Waals surface area contributed by atoms with Gasteiger partial charge in [0.05, 0.1) is 17.7 Å². The molecule has 1 aliphatic carbocycles. The van der Waals surface area contributed by atoms with Crippen molar-refractivity contribution in [3.63, 3.8) is 0 Å². The summed E-state index contributed by atoms with van der Waals surface area (Å²) < 4.78 is 1.70. The fourth-order valence-corrected chi connectivity index (χ4v) is 2.78. The van der Waals surface area contributed by atoms with E-state index in [9.17, 15) is 9.90 Å². The predicted molar refractivity (Wildman–Crippen MR) is 78.0 cm³/mol. The molecule has 6 heteroatoms. The topological polar surface area (TPSA) is 80.0 Å². The summed E-state index contributed by atoms with van der Waals surface area (Å²) in [6.07, 6.45) is 4.98. The summed E-state index contributed by atoms with van der Waals surface area (Å²) in [7, 11) is 0. The highest BCUT2D eigenvalue weighted by molar-refractivity contribution is 5.90. The number of aliphatic hydroxyl groups is 1. The van der Waals surface area contributed by atoms with Crippen LogP contribution in [0.2, 0.25) is 0 Å². The standard InChI is InChI=1S/C15H18N4O2/c20-13(10-15(21)8-4-5-9-15)17-14-18-16-11-19(14)12-6-2-1-3-7-12/h1-3,6-7,11,21H,4-5,8-10H2,(H,17,18,20). The molecule has 2 aromatic rings. The third-order valence-corrected chi connectivity index (χ3v) is 3.86. The van der Waals surface area contributed by atoms with Crippen LogP contribution < -0.4 is 5.32 Å². The number of benzene rings is 1. The molecule has 1 saturated carbocycles. The molecular weight excluding hydrogens is 268 g/mol. The number of nitrogens with one attached hydrogen (secondary N) is 1. The lowest BCUT2D eigenvalue weighted by atomic mass is 9.98. The van der Waals surface area contributed by atoms with Crippen molar-refractivity contribution >= 4 is 11.9 Å². The first-order valence-corrected chi connectivity index (χ1v) is 7.14. The number of amides is 1. The zero-order valence-corrected chi connectivity index (χ0v) is 11.7. The zero-order valence-electron chi connectivity index (χ0n) is 11.7. The van der Waals surface area contributed by atoms with Gasteiger partial charge in [0, 0.05) is 0 Å². The number of para-hydroxylation sites is 1. The molecule has 0 radical (unpaired) electrons. The van der Waals surface area contributed by atoms with Crippen molar-refractivity contribution in [3.8, 4) is 5.69 Å². The third kappa shape index (κ3) is 3.11. The van der Waals surface area contributed by atoms with E-state index in [4.69, 9.17) is 0 Å². The van der Waals surface area contributed by atoms with Crippen LogP contribution in [0.3, 0.4) is 0 Å². The van der Waals surface area contributed by atoms with Crippen molar-refractivity contribution in [1.29, 1.82) is 0 Å². The number of nitrogens with zero attached hydrogens (tertiary/aromatic N) is 3. The summed E-state index contributed by atoms with van der Waals surface area (Å²) in [6, 6.07) is 9.54. The number of carbonyl (C=O) groups excluding carboxylic acids is 1. The second-order valence-corrected chi connectivity index (χ2v) is 5.52. The molecule has 3 rings (SSSR count). The summed E-state index contributed by atoms with van der Waals surface area (Å²) in [5, 5.41) is 20.8. The Hall–Kier alpha value is -2.21. The van der Waals surface area contributed by atoms with Crippen molar-refractivity contribution < 1.29 is 9.90 Å². The fraction of sp³-hybridized carbons (Fsp3) is 0.400. The maximum absolute atomic E-state index is 12.1. The van der Waals surface area contributed by atoms with Crippen molar-refractivity contribution in [3.05, 3.63) is 36.7 Å². The largest absolute Gasteiger partial charge is 0.389 e. The van der Waals surface area contributed by atoms with E-state index in [1.807, 2.05) is 30.3 Å². The predicted octanol–water partition coefficient (Wildman–Crippen LogP) is 1.90. The van der Waals surface area contributed by atoms with Gasteiger partial charge < -0.3 is 5.11 Å². The molecule has 1 aromatic heterocycles. The number of rotatable bonds is 4. The van der Waals surface area contributed by atoms with Crippen molar-refractivity contribution in [1.82, 2.24) is 14.8 Å². The first kappa shape index (κ1) is 13.8. The van der Waals surface area contributed by atoms with Gasteiger partial charge in [0.25, 0.3) is 0 Å². The first-order chi connectivity index (χ1) is 10.2. The Morgan fingerprint density at radius 2 is 2.00 bits per heavy atom. The van der Waals surface area contributed by atoms with E-state index in [0.717, 1.165) is 18.5 Å².